The largest absolute Gasteiger partial charge is 0.245 e. The molecule has 3 rings (SSSR count). The second kappa shape index (κ2) is 6.61. The Hall–Kier alpha value is -1.68. The second-order valence-electron chi connectivity index (χ2n) is 4.78. The fraction of sp³-hybridized carbons (Fsp3) is 0.188. The summed E-state index contributed by atoms with van der Waals surface area (Å²) in [5.41, 5.74) is 3.62. The highest BCUT2D eigenvalue weighted by atomic mass is 32.2. The molecule has 0 aromatic carbocycles. The van der Waals surface area contributed by atoms with Crippen LogP contribution in [0.5, 0.6) is 0 Å². The SMILES string of the molecule is Cc1cc(C)c(C#N)c(SCc2csc(-c3cccs3)n2)n1. The highest BCUT2D eigenvalue weighted by Crippen LogP contribution is 2.31. The van der Waals surface area contributed by atoms with Crippen molar-refractivity contribution in [3.8, 4) is 16.0 Å². The van der Waals surface area contributed by atoms with E-state index in [2.05, 4.69) is 32.9 Å². The number of thioether (sulfide) groups is 1. The Morgan fingerprint density at radius 3 is 2.86 bits per heavy atom. The first-order valence-electron chi connectivity index (χ1n) is 6.67. The fourth-order valence-electron chi connectivity index (χ4n) is 2.07. The first kappa shape index (κ1) is 15.2. The standard InChI is InChI=1S/C16H13N3S3/c1-10-6-11(2)18-15(13(10)7-17)21-8-12-9-22-16(19-12)14-4-3-5-20-14/h3-6,9H,8H2,1-2H3. The molecule has 6 heteroatoms. The molecule has 0 spiro atoms. The molecule has 3 heterocycles. The number of hydrogen-bond acceptors (Lipinski definition) is 6. The van der Waals surface area contributed by atoms with Crippen molar-refractivity contribution in [3.63, 3.8) is 0 Å². The molecule has 0 unspecified atom stereocenters. The van der Waals surface area contributed by atoms with Crippen molar-refractivity contribution in [2.75, 3.05) is 0 Å². The predicted molar refractivity (Wildman–Crippen MR) is 93.4 cm³/mol. The number of thiazole rings is 1. The molecule has 0 saturated heterocycles. The zero-order valence-electron chi connectivity index (χ0n) is 12.2. The molecule has 0 radical (unpaired) electrons. The molecule has 0 amide bonds. The lowest BCUT2D eigenvalue weighted by molar-refractivity contribution is 1.03. The summed E-state index contributed by atoms with van der Waals surface area (Å²) < 4.78 is 0. The Morgan fingerprint density at radius 2 is 2.14 bits per heavy atom. The van der Waals surface area contributed by atoms with Gasteiger partial charge in [-0.1, -0.05) is 17.8 Å². The van der Waals surface area contributed by atoms with Crippen LogP contribution in [-0.2, 0) is 5.75 Å². The number of aryl methyl sites for hydroxylation is 2. The minimum absolute atomic E-state index is 0.671. The highest BCUT2D eigenvalue weighted by molar-refractivity contribution is 7.98. The van der Waals surface area contributed by atoms with E-state index in [1.165, 1.54) is 4.88 Å². The number of pyridine rings is 1. The zero-order valence-corrected chi connectivity index (χ0v) is 14.6. The van der Waals surface area contributed by atoms with Crippen LogP contribution in [0.1, 0.15) is 22.5 Å². The Balaban J connectivity index is 1.78. The van der Waals surface area contributed by atoms with Crippen molar-refractivity contribution in [2.24, 2.45) is 0 Å². The lowest BCUT2D eigenvalue weighted by Crippen LogP contribution is -1.94. The summed E-state index contributed by atoms with van der Waals surface area (Å²) in [6.07, 6.45) is 0. The van der Waals surface area contributed by atoms with Gasteiger partial charge in [-0.05, 0) is 36.9 Å². The number of nitriles is 1. The lowest BCUT2D eigenvalue weighted by Gasteiger charge is -2.06. The molecule has 0 N–H and O–H groups in total. The topological polar surface area (TPSA) is 49.6 Å². The van der Waals surface area contributed by atoms with E-state index in [1.807, 2.05) is 26.0 Å². The van der Waals surface area contributed by atoms with Gasteiger partial charge in [-0.15, -0.1) is 22.7 Å². The molecule has 0 saturated carbocycles. The average Bonchev–Trinajstić information content (AvgIpc) is 3.15. The van der Waals surface area contributed by atoms with E-state index in [-0.39, 0.29) is 0 Å². The molecule has 110 valence electrons. The Morgan fingerprint density at radius 1 is 1.27 bits per heavy atom. The van der Waals surface area contributed by atoms with E-state index in [4.69, 9.17) is 0 Å². The summed E-state index contributed by atoms with van der Waals surface area (Å²) in [6, 6.07) is 8.32. The normalized spacial score (nSPS) is 10.6. The summed E-state index contributed by atoms with van der Waals surface area (Å²) in [5, 5.41) is 15.3. The van der Waals surface area contributed by atoms with Crippen LogP contribution in [-0.4, -0.2) is 9.97 Å². The van der Waals surface area contributed by atoms with Gasteiger partial charge in [0.25, 0.3) is 0 Å². The summed E-state index contributed by atoms with van der Waals surface area (Å²) in [5.74, 6) is 0.729. The maximum absolute atomic E-state index is 9.30. The van der Waals surface area contributed by atoms with Crippen molar-refractivity contribution in [2.45, 2.75) is 24.6 Å². The highest BCUT2D eigenvalue weighted by Gasteiger charge is 2.11. The van der Waals surface area contributed by atoms with Crippen molar-refractivity contribution < 1.29 is 0 Å². The van der Waals surface area contributed by atoms with Gasteiger partial charge in [-0.25, -0.2) is 9.97 Å². The van der Waals surface area contributed by atoms with Gasteiger partial charge in [-0.3, -0.25) is 0 Å². The van der Waals surface area contributed by atoms with E-state index >= 15 is 0 Å². The monoisotopic (exact) mass is 343 g/mol. The molecule has 0 atom stereocenters. The van der Waals surface area contributed by atoms with Gasteiger partial charge in [0, 0.05) is 16.8 Å². The third kappa shape index (κ3) is 3.22. The van der Waals surface area contributed by atoms with Crippen LogP contribution in [0.15, 0.2) is 34.0 Å². The molecule has 3 aromatic heterocycles. The third-order valence-electron chi connectivity index (χ3n) is 3.06. The molecule has 0 fully saturated rings. The Labute approximate surface area is 141 Å². The minimum atomic E-state index is 0.671. The number of aromatic nitrogens is 2. The summed E-state index contributed by atoms with van der Waals surface area (Å²) in [7, 11) is 0. The first-order chi connectivity index (χ1) is 10.7. The van der Waals surface area contributed by atoms with Crippen LogP contribution in [0, 0.1) is 25.2 Å². The second-order valence-corrected chi connectivity index (χ2v) is 7.55. The summed E-state index contributed by atoms with van der Waals surface area (Å²) in [4.78, 5) is 10.4. The van der Waals surface area contributed by atoms with E-state index in [0.29, 0.717) is 5.56 Å². The molecule has 3 aromatic rings. The van der Waals surface area contributed by atoms with Crippen LogP contribution >= 0.6 is 34.4 Å². The Kier molecular flexibility index (Phi) is 4.57. The van der Waals surface area contributed by atoms with Gasteiger partial charge >= 0.3 is 0 Å². The number of nitrogens with zero attached hydrogens (tertiary/aromatic N) is 3. The van der Waals surface area contributed by atoms with E-state index < -0.39 is 0 Å². The van der Waals surface area contributed by atoms with Crippen molar-refractivity contribution >= 4 is 34.4 Å². The lowest BCUT2D eigenvalue weighted by atomic mass is 10.1. The molecule has 22 heavy (non-hydrogen) atoms. The van der Waals surface area contributed by atoms with Crippen LogP contribution in [0.25, 0.3) is 9.88 Å². The van der Waals surface area contributed by atoms with Crippen molar-refractivity contribution in [1.82, 2.24) is 9.97 Å². The summed E-state index contributed by atoms with van der Waals surface area (Å²) in [6.45, 7) is 3.91. The number of hydrogen-bond donors (Lipinski definition) is 0. The van der Waals surface area contributed by atoms with Gasteiger partial charge in [-0.2, -0.15) is 5.26 Å². The van der Waals surface area contributed by atoms with Gasteiger partial charge in [0.1, 0.15) is 16.1 Å². The molecule has 0 aliphatic rings. The maximum atomic E-state index is 9.30. The molecule has 0 aliphatic carbocycles. The molecule has 0 aliphatic heterocycles. The van der Waals surface area contributed by atoms with Crippen LogP contribution < -0.4 is 0 Å². The summed E-state index contributed by atoms with van der Waals surface area (Å²) >= 11 is 4.94. The average molecular weight is 344 g/mol. The quantitative estimate of drug-likeness (QED) is 0.622. The number of rotatable bonds is 4. The van der Waals surface area contributed by atoms with Gasteiger partial charge in [0.15, 0.2) is 0 Å². The van der Waals surface area contributed by atoms with Crippen LogP contribution in [0.2, 0.25) is 0 Å². The molecular weight excluding hydrogens is 330 g/mol. The van der Waals surface area contributed by atoms with Crippen LogP contribution in [0.3, 0.4) is 0 Å². The first-order valence-corrected chi connectivity index (χ1v) is 9.41. The van der Waals surface area contributed by atoms with Gasteiger partial charge in [0.05, 0.1) is 16.1 Å². The predicted octanol–water partition coefficient (Wildman–Crippen LogP) is 5.05. The maximum Gasteiger partial charge on any atom is 0.133 e. The van der Waals surface area contributed by atoms with E-state index in [1.54, 1.807) is 34.4 Å². The van der Waals surface area contributed by atoms with Crippen molar-refractivity contribution in [3.05, 3.63) is 51.5 Å². The molecular formula is C16H13N3S3. The van der Waals surface area contributed by atoms with Crippen LogP contribution in [0.4, 0.5) is 0 Å². The van der Waals surface area contributed by atoms with Gasteiger partial charge < -0.3 is 0 Å². The number of thiophene rings is 1. The van der Waals surface area contributed by atoms with Crippen molar-refractivity contribution in [1.29, 1.82) is 5.26 Å². The zero-order chi connectivity index (χ0) is 15.5. The smallest absolute Gasteiger partial charge is 0.133 e. The third-order valence-corrected chi connectivity index (χ3v) is 6.00. The fourth-order valence-corrected chi connectivity index (χ4v) is 4.80. The van der Waals surface area contributed by atoms with Gasteiger partial charge in [0.2, 0.25) is 0 Å². The molecule has 3 nitrogen and oxygen atoms in total. The molecule has 0 bridgehead atoms. The van der Waals surface area contributed by atoms with E-state index in [0.717, 1.165) is 32.7 Å². The Bertz CT molecular complexity index is 829. The minimum Gasteiger partial charge on any atom is -0.245 e. The van der Waals surface area contributed by atoms with E-state index in [9.17, 15) is 5.26 Å².